The van der Waals surface area contributed by atoms with Gasteiger partial charge in [0.25, 0.3) is 0 Å². The predicted molar refractivity (Wildman–Crippen MR) is 34.0 cm³/mol. The Balaban J connectivity index is 3.36. The Hall–Kier alpha value is -0.530. The topological polar surface area (TPSA) is 32.6 Å². The fraction of sp³-hybridized carbons (Fsp3) is 0.667. The van der Waals surface area contributed by atoms with Crippen molar-refractivity contribution in [3.63, 3.8) is 0 Å². The summed E-state index contributed by atoms with van der Waals surface area (Å²) in [4.78, 5) is 0. The molecular weight excluding hydrogens is 102 g/mol. The maximum Gasteiger partial charge on any atom is 0.0466 e. The second-order valence-corrected chi connectivity index (χ2v) is 1.72. The van der Waals surface area contributed by atoms with Crippen LogP contribution in [0.3, 0.4) is 0 Å². The Morgan fingerprint density at radius 1 is 1.88 bits per heavy atom. The summed E-state index contributed by atoms with van der Waals surface area (Å²) in [5, 5.41) is 11.0. The largest absolute Gasteiger partial charge is 0.411 e. The molecule has 8 heavy (non-hydrogen) atoms. The van der Waals surface area contributed by atoms with E-state index >= 15 is 0 Å². The van der Waals surface area contributed by atoms with Gasteiger partial charge in [-0.15, -0.1) is 5.16 Å². The first kappa shape index (κ1) is 7.47. The van der Waals surface area contributed by atoms with Gasteiger partial charge in [0.15, 0.2) is 0 Å². The molecule has 0 aliphatic carbocycles. The SMILES string of the molecule is [CH2]CC(C=NO)CC. The molecule has 0 heterocycles. The van der Waals surface area contributed by atoms with Gasteiger partial charge < -0.3 is 5.21 Å². The highest BCUT2D eigenvalue weighted by Crippen LogP contribution is 2.01. The average molecular weight is 114 g/mol. The summed E-state index contributed by atoms with van der Waals surface area (Å²) >= 11 is 0. The van der Waals surface area contributed by atoms with Crippen LogP contribution in [0.5, 0.6) is 0 Å². The summed E-state index contributed by atoms with van der Waals surface area (Å²) in [6.45, 7) is 5.71. The fourth-order valence-corrected chi connectivity index (χ4v) is 0.478. The molecular formula is C6H12NO. The lowest BCUT2D eigenvalue weighted by Gasteiger charge is -2.00. The molecule has 0 saturated heterocycles. The van der Waals surface area contributed by atoms with E-state index in [1.807, 2.05) is 6.92 Å². The summed E-state index contributed by atoms with van der Waals surface area (Å²) in [5.74, 6) is 0.347. The van der Waals surface area contributed by atoms with Crippen molar-refractivity contribution in [2.75, 3.05) is 0 Å². The van der Waals surface area contributed by atoms with Gasteiger partial charge in [0.1, 0.15) is 0 Å². The van der Waals surface area contributed by atoms with Crippen LogP contribution < -0.4 is 0 Å². The van der Waals surface area contributed by atoms with Gasteiger partial charge in [-0.25, -0.2) is 0 Å². The zero-order chi connectivity index (χ0) is 6.41. The number of nitrogens with zero attached hydrogens (tertiary/aromatic N) is 1. The molecule has 0 aliphatic rings. The molecule has 2 heteroatoms. The quantitative estimate of drug-likeness (QED) is 0.338. The molecule has 0 aromatic carbocycles. The van der Waals surface area contributed by atoms with Crippen molar-refractivity contribution in [1.29, 1.82) is 0 Å². The minimum Gasteiger partial charge on any atom is -0.411 e. The molecule has 0 spiro atoms. The first-order chi connectivity index (χ1) is 3.85. The van der Waals surface area contributed by atoms with E-state index in [-0.39, 0.29) is 0 Å². The number of hydrogen-bond acceptors (Lipinski definition) is 2. The van der Waals surface area contributed by atoms with Crippen LogP contribution in [0.4, 0.5) is 0 Å². The van der Waals surface area contributed by atoms with Crippen molar-refractivity contribution in [3.05, 3.63) is 6.92 Å². The van der Waals surface area contributed by atoms with Crippen molar-refractivity contribution in [3.8, 4) is 0 Å². The summed E-state index contributed by atoms with van der Waals surface area (Å²) in [5.41, 5.74) is 0. The summed E-state index contributed by atoms with van der Waals surface area (Å²) in [6, 6.07) is 0. The summed E-state index contributed by atoms with van der Waals surface area (Å²) in [7, 11) is 0. The molecule has 0 aromatic rings. The van der Waals surface area contributed by atoms with Gasteiger partial charge in [0, 0.05) is 6.21 Å². The molecule has 47 valence electrons. The molecule has 2 nitrogen and oxygen atoms in total. The van der Waals surface area contributed by atoms with Crippen molar-refractivity contribution < 1.29 is 5.21 Å². The van der Waals surface area contributed by atoms with E-state index < -0.39 is 0 Å². The highest BCUT2D eigenvalue weighted by Gasteiger charge is 1.96. The third-order valence-corrected chi connectivity index (χ3v) is 1.17. The standard InChI is InChI=1S/C6H12NO/c1-3-6(4-2)5-7-8/h5-6,8H,1,3-4H2,2H3. The molecule has 1 atom stereocenters. The number of oxime groups is 1. The highest BCUT2D eigenvalue weighted by molar-refractivity contribution is 5.59. The van der Waals surface area contributed by atoms with Crippen LogP contribution >= 0.6 is 0 Å². The molecule has 0 fully saturated rings. The van der Waals surface area contributed by atoms with E-state index in [0.717, 1.165) is 12.8 Å². The molecule has 0 bridgehead atoms. The van der Waals surface area contributed by atoms with E-state index in [4.69, 9.17) is 5.21 Å². The van der Waals surface area contributed by atoms with E-state index in [1.165, 1.54) is 6.21 Å². The molecule has 1 unspecified atom stereocenters. The first-order valence-corrected chi connectivity index (χ1v) is 2.82. The van der Waals surface area contributed by atoms with Crippen molar-refractivity contribution in [2.45, 2.75) is 19.8 Å². The zero-order valence-electron chi connectivity index (χ0n) is 5.17. The molecule has 1 N–H and O–H groups in total. The van der Waals surface area contributed by atoms with Gasteiger partial charge in [0.05, 0.1) is 0 Å². The lowest BCUT2D eigenvalue weighted by atomic mass is 10.1. The lowest BCUT2D eigenvalue weighted by Crippen LogP contribution is -1.96. The Labute approximate surface area is 50.2 Å². The third-order valence-electron chi connectivity index (χ3n) is 1.17. The van der Waals surface area contributed by atoms with Crippen molar-refractivity contribution >= 4 is 6.21 Å². The molecule has 0 aromatic heterocycles. The summed E-state index contributed by atoms with van der Waals surface area (Å²) in [6.07, 6.45) is 3.32. The Bertz CT molecular complexity index is 66.9. The van der Waals surface area contributed by atoms with Gasteiger partial charge in [-0.2, -0.15) is 0 Å². The van der Waals surface area contributed by atoms with E-state index in [0.29, 0.717) is 5.92 Å². The van der Waals surface area contributed by atoms with E-state index in [2.05, 4.69) is 12.1 Å². The van der Waals surface area contributed by atoms with Crippen molar-refractivity contribution in [2.24, 2.45) is 11.1 Å². The van der Waals surface area contributed by atoms with Gasteiger partial charge in [0.2, 0.25) is 0 Å². The normalized spacial score (nSPS) is 11.4. The Morgan fingerprint density at radius 3 is 2.62 bits per heavy atom. The van der Waals surface area contributed by atoms with Crippen LogP contribution in [0.25, 0.3) is 0 Å². The fourth-order valence-electron chi connectivity index (χ4n) is 0.478. The van der Waals surface area contributed by atoms with E-state index in [1.54, 1.807) is 0 Å². The van der Waals surface area contributed by atoms with Crippen LogP contribution in [0.2, 0.25) is 0 Å². The number of rotatable bonds is 3. The van der Waals surface area contributed by atoms with Gasteiger partial charge in [-0.3, -0.25) is 0 Å². The smallest absolute Gasteiger partial charge is 0.0466 e. The molecule has 0 saturated carbocycles. The van der Waals surface area contributed by atoms with Crippen LogP contribution in [-0.2, 0) is 0 Å². The van der Waals surface area contributed by atoms with Crippen molar-refractivity contribution in [1.82, 2.24) is 0 Å². The van der Waals surface area contributed by atoms with Crippen LogP contribution in [0.1, 0.15) is 19.8 Å². The van der Waals surface area contributed by atoms with Gasteiger partial charge >= 0.3 is 0 Å². The monoisotopic (exact) mass is 114 g/mol. The molecule has 0 rings (SSSR count). The predicted octanol–water partition coefficient (Wildman–Crippen LogP) is 1.70. The lowest BCUT2D eigenvalue weighted by molar-refractivity contribution is 0.318. The maximum atomic E-state index is 8.04. The maximum absolute atomic E-state index is 8.04. The van der Waals surface area contributed by atoms with Crippen LogP contribution in [0.15, 0.2) is 5.16 Å². The first-order valence-electron chi connectivity index (χ1n) is 2.82. The number of hydrogen-bond donors (Lipinski definition) is 1. The molecule has 1 radical (unpaired) electrons. The molecule has 0 aliphatic heterocycles. The minimum atomic E-state index is 0.347. The van der Waals surface area contributed by atoms with Crippen LogP contribution in [-0.4, -0.2) is 11.4 Å². The van der Waals surface area contributed by atoms with Gasteiger partial charge in [-0.05, 0) is 18.8 Å². The average Bonchev–Trinajstić information content (AvgIpc) is 1.83. The van der Waals surface area contributed by atoms with Crippen LogP contribution in [0, 0.1) is 12.8 Å². The molecule has 0 amide bonds. The Kier molecular flexibility index (Phi) is 4.32. The van der Waals surface area contributed by atoms with Gasteiger partial charge in [-0.1, -0.05) is 13.8 Å². The highest BCUT2D eigenvalue weighted by atomic mass is 16.4. The minimum absolute atomic E-state index is 0.347. The van der Waals surface area contributed by atoms with E-state index in [9.17, 15) is 0 Å². The summed E-state index contributed by atoms with van der Waals surface area (Å²) < 4.78 is 0. The second kappa shape index (κ2) is 4.62. The third kappa shape index (κ3) is 2.61. The zero-order valence-corrected chi connectivity index (χ0v) is 5.17. The Morgan fingerprint density at radius 2 is 2.50 bits per heavy atom. The second-order valence-electron chi connectivity index (χ2n) is 1.72.